The van der Waals surface area contributed by atoms with E-state index in [0.29, 0.717) is 19.4 Å². The van der Waals surface area contributed by atoms with Crippen LogP contribution in [-0.4, -0.2) is 38.7 Å². The average Bonchev–Trinajstić information content (AvgIpc) is 2.45. The molecule has 0 bridgehead atoms. The number of rotatable bonds is 3. The fourth-order valence-electron chi connectivity index (χ4n) is 2.52. The van der Waals surface area contributed by atoms with Gasteiger partial charge in [-0.3, -0.25) is 9.52 Å². The number of aromatic nitrogens is 1. The molecular weight excluding hydrogens is 335 g/mol. The van der Waals surface area contributed by atoms with Crippen LogP contribution in [0.1, 0.15) is 18.4 Å². The first-order valence-electron chi connectivity index (χ1n) is 6.87. The van der Waals surface area contributed by atoms with Gasteiger partial charge in [-0.25, -0.2) is 13.4 Å². The molecule has 0 saturated carbocycles. The fourth-order valence-corrected chi connectivity index (χ4v) is 3.05. The first-order chi connectivity index (χ1) is 10.6. The highest BCUT2D eigenvalue weighted by atomic mass is 32.2. The molecule has 10 heteroatoms. The molecule has 1 unspecified atom stereocenters. The number of nitrogens with one attached hydrogen (secondary N) is 1. The maximum absolute atomic E-state index is 13.1. The predicted octanol–water partition coefficient (Wildman–Crippen LogP) is 1.39. The van der Waals surface area contributed by atoms with E-state index in [4.69, 9.17) is 0 Å². The van der Waals surface area contributed by atoms with Crippen molar-refractivity contribution in [1.29, 1.82) is 0 Å². The molecule has 0 aromatic carbocycles. The highest BCUT2D eigenvalue weighted by Gasteiger charge is 2.37. The van der Waals surface area contributed by atoms with Gasteiger partial charge >= 0.3 is 6.18 Å². The topological polar surface area (TPSA) is 79.4 Å². The summed E-state index contributed by atoms with van der Waals surface area (Å²) in [6.45, 7) is 0.310. The van der Waals surface area contributed by atoms with E-state index in [1.165, 1.54) is 17.2 Å². The zero-order valence-electron chi connectivity index (χ0n) is 12.3. The van der Waals surface area contributed by atoms with Crippen LogP contribution in [0.2, 0.25) is 0 Å². The maximum Gasteiger partial charge on any atom is 0.419 e. The summed E-state index contributed by atoms with van der Waals surface area (Å²) in [5.41, 5.74) is -0.871. The van der Waals surface area contributed by atoms with Gasteiger partial charge in [-0.2, -0.15) is 13.2 Å². The minimum atomic E-state index is -4.55. The number of alkyl halides is 3. The summed E-state index contributed by atoms with van der Waals surface area (Å²) >= 11 is 0. The molecule has 1 atom stereocenters. The molecular formula is C13H16F3N3O3S. The lowest BCUT2D eigenvalue weighted by atomic mass is 9.97. The molecule has 1 aliphatic rings. The summed E-state index contributed by atoms with van der Waals surface area (Å²) < 4.78 is 63.3. The van der Waals surface area contributed by atoms with E-state index < -0.39 is 33.6 Å². The molecule has 1 aliphatic heterocycles. The third-order valence-corrected chi connectivity index (χ3v) is 4.04. The normalized spacial score (nSPS) is 19.5. The maximum atomic E-state index is 13.1. The molecule has 23 heavy (non-hydrogen) atoms. The van der Waals surface area contributed by atoms with Gasteiger partial charge in [-0.1, -0.05) is 0 Å². The minimum Gasteiger partial charge on any atom is -0.355 e. The lowest BCUT2D eigenvalue weighted by Gasteiger charge is -2.33. The van der Waals surface area contributed by atoms with Gasteiger partial charge in [-0.15, -0.1) is 0 Å². The van der Waals surface area contributed by atoms with Gasteiger partial charge in [0.15, 0.2) is 0 Å². The van der Waals surface area contributed by atoms with Gasteiger partial charge < -0.3 is 4.90 Å². The third-order valence-electron chi connectivity index (χ3n) is 3.47. The van der Waals surface area contributed by atoms with E-state index in [-0.39, 0.29) is 12.4 Å². The third kappa shape index (κ3) is 4.57. The summed E-state index contributed by atoms with van der Waals surface area (Å²) in [5, 5.41) is 0. The number of piperidine rings is 1. The molecule has 0 radical (unpaired) electrons. The van der Waals surface area contributed by atoms with Crippen LogP contribution in [0.25, 0.3) is 0 Å². The second kappa shape index (κ2) is 6.34. The van der Waals surface area contributed by atoms with Gasteiger partial charge in [0.2, 0.25) is 15.9 Å². The van der Waals surface area contributed by atoms with Crippen molar-refractivity contribution in [2.24, 2.45) is 5.92 Å². The summed E-state index contributed by atoms with van der Waals surface area (Å²) in [7, 11) is -3.70. The Labute approximate surface area is 131 Å². The molecule has 6 nitrogen and oxygen atoms in total. The summed E-state index contributed by atoms with van der Waals surface area (Å²) in [4.78, 5) is 17.1. The number of halogens is 3. The molecule has 1 saturated heterocycles. The Morgan fingerprint density at radius 3 is 2.74 bits per heavy atom. The van der Waals surface area contributed by atoms with Crippen LogP contribution in [0, 0.1) is 5.92 Å². The van der Waals surface area contributed by atoms with Crippen molar-refractivity contribution in [2.75, 3.05) is 24.2 Å². The molecule has 1 amide bonds. The van der Waals surface area contributed by atoms with Crippen LogP contribution in [0.15, 0.2) is 18.3 Å². The van der Waals surface area contributed by atoms with Crippen LogP contribution in [0.4, 0.5) is 19.0 Å². The molecule has 0 aliphatic carbocycles. The minimum absolute atomic E-state index is 0.0125. The van der Waals surface area contributed by atoms with Gasteiger partial charge in [0, 0.05) is 19.3 Å². The summed E-state index contributed by atoms with van der Waals surface area (Å²) in [5.74, 6) is -1.65. The molecule has 0 spiro atoms. The van der Waals surface area contributed by atoms with Crippen molar-refractivity contribution in [3.05, 3.63) is 23.9 Å². The zero-order chi connectivity index (χ0) is 17.3. The average molecular weight is 351 g/mol. The van der Waals surface area contributed by atoms with Crippen molar-refractivity contribution in [1.82, 2.24) is 9.71 Å². The van der Waals surface area contributed by atoms with Gasteiger partial charge in [-0.05, 0) is 25.0 Å². The molecule has 128 valence electrons. The Balaban J connectivity index is 2.21. The highest BCUT2D eigenvalue weighted by Crippen LogP contribution is 2.36. The van der Waals surface area contributed by atoms with Gasteiger partial charge in [0.1, 0.15) is 5.82 Å². The van der Waals surface area contributed by atoms with Crippen LogP contribution >= 0.6 is 0 Å². The smallest absolute Gasteiger partial charge is 0.355 e. The predicted molar refractivity (Wildman–Crippen MR) is 77.2 cm³/mol. The number of amides is 1. The quantitative estimate of drug-likeness (QED) is 0.890. The van der Waals surface area contributed by atoms with Crippen molar-refractivity contribution in [3.63, 3.8) is 0 Å². The van der Waals surface area contributed by atoms with Crippen molar-refractivity contribution in [2.45, 2.75) is 19.0 Å². The summed E-state index contributed by atoms with van der Waals surface area (Å²) in [6, 6.07) is 2.13. The lowest BCUT2D eigenvalue weighted by molar-refractivity contribution is -0.137. The van der Waals surface area contributed by atoms with E-state index in [1.807, 2.05) is 4.72 Å². The highest BCUT2D eigenvalue weighted by molar-refractivity contribution is 7.89. The molecule has 2 heterocycles. The first kappa shape index (κ1) is 17.5. The number of nitrogens with zero attached hydrogens (tertiary/aromatic N) is 2. The number of pyridine rings is 1. The van der Waals surface area contributed by atoms with E-state index >= 15 is 0 Å². The first-order valence-corrected chi connectivity index (χ1v) is 8.76. The largest absolute Gasteiger partial charge is 0.419 e. The Bertz CT molecular complexity index is 691. The number of carbonyl (C=O) groups is 1. The van der Waals surface area contributed by atoms with Crippen molar-refractivity contribution in [3.8, 4) is 0 Å². The van der Waals surface area contributed by atoms with Gasteiger partial charge in [0.25, 0.3) is 0 Å². The SMILES string of the molecule is CS(=O)(=O)NC(=O)C1CCCN(c2ncccc2C(F)(F)F)C1. The number of sulfonamides is 1. The van der Waals surface area contributed by atoms with Crippen LogP contribution in [0.5, 0.6) is 0 Å². The van der Waals surface area contributed by atoms with E-state index in [1.54, 1.807) is 0 Å². The number of hydrogen-bond acceptors (Lipinski definition) is 5. The Morgan fingerprint density at radius 2 is 2.13 bits per heavy atom. The molecule has 1 aromatic heterocycles. The van der Waals surface area contributed by atoms with E-state index in [2.05, 4.69) is 4.98 Å². The van der Waals surface area contributed by atoms with Gasteiger partial charge in [0.05, 0.1) is 17.7 Å². The summed E-state index contributed by atoms with van der Waals surface area (Å²) in [6.07, 6.45) is -1.57. The number of carbonyl (C=O) groups excluding carboxylic acids is 1. The number of anilines is 1. The number of hydrogen-bond donors (Lipinski definition) is 1. The molecule has 1 N–H and O–H groups in total. The van der Waals surface area contributed by atoms with E-state index in [0.717, 1.165) is 12.3 Å². The fraction of sp³-hybridized carbons (Fsp3) is 0.538. The van der Waals surface area contributed by atoms with E-state index in [9.17, 15) is 26.4 Å². The van der Waals surface area contributed by atoms with Crippen LogP contribution in [0.3, 0.4) is 0 Å². The zero-order valence-corrected chi connectivity index (χ0v) is 13.1. The molecule has 2 rings (SSSR count). The second-order valence-corrected chi connectivity index (χ2v) is 7.14. The monoisotopic (exact) mass is 351 g/mol. The molecule has 1 fully saturated rings. The Morgan fingerprint density at radius 1 is 1.43 bits per heavy atom. The van der Waals surface area contributed by atoms with Crippen LogP contribution < -0.4 is 9.62 Å². The Hall–Kier alpha value is -1.84. The second-order valence-electron chi connectivity index (χ2n) is 5.40. The Kier molecular flexibility index (Phi) is 4.83. The van der Waals surface area contributed by atoms with Crippen molar-refractivity contribution >= 4 is 21.7 Å². The molecule has 1 aromatic rings. The van der Waals surface area contributed by atoms with Crippen LogP contribution in [-0.2, 0) is 21.0 Å². The lowest BCUT2D eigenvalue weighted by Crippen LogP contribution is -2.45. The van der Waals surface area contributed by atoms with Crippen molar-refractivity contribution < 1.29 is 26.4 Å². The standard InChI is InChI=1S/C13H16F3N3O3S/c1-23(21,22)18-12(20)9-4-3-7-19(8-9)11-10(13(14,15)16)5-2-6-17-11/h2,5-6,9H,3-4,7-8H2,1H3,(H,18,20).